The van der Waals surface area contributed by atoms with Gasteiger partial charge in [-0.15, -0.1) is 0 Å². The van der Waals surface area contributed by atoms with E-state index in [1.165, 1.54) is 0 Å². The number of hydrogen-bond acceptors (Lipinski definition) is 12. The minimum absolute atomic E-state index is 0.182. The third kappa shape index (κ3) is 4.95. The summed E-state index contributed by atoms with van der Waals surface area (Å²) in [5, 5.41) is 31.2. The van der Waals surface area contributed by atoms with Gasteiger partial charge in [-0.25, -0.2) is 0 Å². The smallest absolute Gasteiger partial charge is 0.187 e. The minimum Gasteiger partial charge on any atom is -0.389 e. The van der Waals surface area contributed by atoms with Crippen LogP contribution in [0.3, 0.4) is 0 Å². The van der Waals surface area contributed by atoms with E-state index >= 15 is 0 Å². The van der Waals surface area contributed by atoms with Crippen LogP contribution >= 0.6 is 0 Å². The van der Waals surface area contributed by atoms with Crippen LogP contribution in [-0.4, -0.2) is 101 Å². The maximum atomic E-state index is 10.7. The highest BCUT2D eigenvalue weighted by atomic mass is 16.7. The fourth-order valence-electron chi connectivity index (χ4n) is 4.31. The highest BCUT2D eigenvalue weighted by Gasteiger charge is 2.49. The van der Waals surface area contributed by atoms with Gasteiger partial charge in [0.05, 0.1) is 24.4 Å². The first-order chi connectivity index (χ1) is 14.1. The van der Waals surface area contributed by atoms with Crippen molar-refractivity contribution in [3.05, 3.63) is 0 Å². The molecule has 0 aromatic heterocycles. The second-order valence-corrected chi connectivity index (χ2v) is 8.60. The third-order valence-corrected chi connectivity index (χ3v) is 6.35. The normalized spacial score (nSPS) is 52.9. The van der Waals surface area contributed by atoms with Crippen molar-refractivity contribution in [3.8, 4) is 0 Å². The van der Waals surface area contributed by atoms with Crippen LogP contribution in [0.4, 0.5) is 0 Å². The van der Waals surface area contributed by atoms with Crippen molar-refractivity contribution in [2.24, 2.45) is 28.7 Å². The van der Waals surface area contributed by atoms with E-state index in [2.05, 4.69) is 0 Å². The van der Waals surface area contributed by atoms with E-state index in [9.17, 15) is 15.3 Å². The average molecular weight is 436 g/mol. The van der Waals surface area contributed by atoms with Crippen LogP contribution in [0, 0.1) is 0 Å². The Balaban J connectivity index is 1.73. The van der Waals surface area contributed by atoms with Gasteiger partial charge in [-0.05, 0) is 26.2 Å². The lowest BCUT2D eigenvalue weighted by atomic mass is 9.84. The molecule has 0 unspecified atom stereocenters. The van der Waals surface area contributed by atoms with E-state index < -0.39 is 67.3 Å². The molecule has 30 heavy (non-hydrogen) atoms. The minimum atomic E-state index is -1.41. The standard InChI is InChI=1S/C18H37N5O7/c1-6-12(23)14(25)15(26)18(27-6)30-17-13(24)8(21)4-9(22)16(17)29-11-3-2-7(20)10(5-19)28-11/h6-18,24-26H,2-5,19-23H2,1H3/t6-,7+,8-,9+,10-,11-,12-,13+,14+,15+,16-,17-,18+/m1/s1. The largest absolute Gasteiger partial charge is 0.389 e. The molecule has 12 nitrogen and oxygen atoms in total. The molecule has 2 saturated heterocycles. The molecule has 1 saturated carbocycles. The average Bonchev–Trinajstić information content (AvgIpc) is 2.72. The van der Waals surface area contributed by atoms with E-state index in [0.717, 1.165) is 0 Å². The molecule has 176 valence electrons. The Bertz CT molecular complexity index is 563. The quantitative estimate of drug-likeness (QED) is 0.205. The van der Waals surface area contributed by atoms with Crippen LogP contribution in [0.2, 0.25) is 0 Å². The van der Waals surface area contributed by atoms with Crippen molar-refractivity contribution in [2.75, 3.05) is 6.54 Å². The van der Waals surface area contributed by atoms with Crippen LogP contribution in [0.1, 0.15) is 26.2 Å². The summed E-state index contributed by atoms with van der Waals surface area (Å²) < 4.78 is 23.4. The van der Waals surface area contributed by atoms with Crippen LogP contribution in [0.25, 0.3) is 0 Å². The maximum Gasteiger partial charge on any atom is 0.187 e. The SMILES string of the molecule is C[C@H]1O[C@@H](O[C@@H]2[C@@H](O)[C@H](N)C[C@H](N)[C@H]2O[C@@H]2CC[C@H](N)[C@@H](CN)O2)[C@@H](O)[C@@H](O)[C@@H]1N. The Labute approximate surface area is 175 Å². The molecule has 0 aromatic carbocycles. The second kappa shape index (κ2) is 9.98. The van der Waals surface area contributed by atoms with Crippen molar-refractivity contribution in [2.45, 2.75) is 106 Å². The molecule has 12 heteroatoms. The molecule has 0 spiro atoms. The summed E-state index contributed by atoms with van der Waals surface area (Å²) >= 11 is 0. The lowest BCUT2D eigenvalue weighted by molar-refractivity contribution is -0.320. The molecular weight excluding hydrogens is 398 g/mol. The lowest BCUT2D eigenvalue weighted by Gasteiger charge is -2.47. The zero-order valence-corrected chi connectivity index (χ0v) is 17.2. The summed E-state index contributed by atoms with van der Waals surface area (Å²) in [5.74, 6) is 0. The molecule has 1 aliphatic carbocycles. The first-order valence-electron chi connectivity index (χ1n) is 10.5. The van der Waals surface area contributed by atoms with E-state index in [4.69, 9.17) is 47.6 Å². The fraction of sp³-hybridized carbons (Fsp3) is 1.00. The summed E-state index contributed by atoms with van der Waals surface area (Å²) in [6.07, 6.45) is -6.92. The van der Waals surface area contributed by atoms with E-state index in [1.54, 1.807) is 6.92 Å². The van der Waals surface area contributed by atoms with Crippen molar-refractivity contribution in [3.63, 3.8) is 0 Å². The maximum absolute atomic E-state index is 10.7. The van der Waals surface area contributed by atoms with Crippen molar-refractivity contribution in [1.29, 1.82) is 0 Å². The fourth-order valence-corrected chi connectivity index (χ4v) is 4.31. The Morgan fingerprint density at radius 2 is 1.53 bits per heavy atom. The highest BCUT2D eigenvalue weighted by Crippen LogP contribution is 2.31. The van der Waals surface area contributed by atoms with Crippen LogP contribution in [0.15, 0.2) is 0 Å². The van der Waals surface area contributed by atoms with Gasteiger partial charge >= 0.3 is 0 Å². The number of aliphatic hydroxyl groups is 3. The summed E-state index contributed by atoms with van der Waals surface area (Å²) in [6.45, 7) is 1.91. The van der Waals surface area contributed by atoms with Gasteiger partial charge in [0.15, 0.2) is 12.6 Å². The predicted molar refractivity (Wildman–Crippen MR) is 106 cm³/mol. The number of hydrogen-bond donors (Lipinski definition) is 8. The zero-order valence-electron chi connectivity index (χ0n) is 17.2. The molecule has 13 N–H and O–H groups in total. The second-order valence-electron chi connectivity index (χ2n) is 8.60. The molecule has 13 atom stereocenters. The van der Waals surface area contributed by atoms with Gasteiger partial charge in [-0.3, -0.25) is 0 Å². The molecule has 2 aliphatic heterocycles. The van der Waals surface area contributed by atoms with E-state index in [0.29, 0.717) is 19.3 Å². The van der Waals surface area contributed by atoms with Crippen molar-refractivity contribution in [1.82, 2.24) is 0 Å². The van der Waals surface area contributed by atoms with Gasteiger partial charge in [-0.1, -0.05) is 0 Å². The van der Waals surface area contributed by atoms with E-state index in [1.807, 2.05) is 0 Å². The molecule has 3 rings (SSSR count). The molecule has 0 radical (unpaired) electrons. The lowest BCUT2D eigenvalue weighted by Crippen LogP contribution is -2.67. The zero-order chi connectivity index (χ0) is 22.2. The van der Waals surface area contributed by atoms with Crippen LogP contribution < -0.4 is 28.7 Å². The topological polar surface area (TPSA) is 228 Å². The molecule has 0 bridgehead atoms. The van der Waals surface area contributed by atoms with Gasteiger partial charge in [0.2, 0.25) is 0 Å². The van der Waals surface area contributed by atoms with E-state index in [-0.39, 0.29) is 18.7 Å². The molecule has 0 amide bonds. The van der Waals surface area contributed by atoms with Crippen molar-refractivity contribution >= 4 is 0 Å². The first-order valence-corrected chi connectivity index (χ1v) is 10.5. The van der Waals surface area contributed by atoms with Crippen molar-refractivity contribution < 1.29 is 34.3 Å². The number of ether oxygens (including phenoxy) is 4. The molecule has 2 heterocycles. The van der Waals surface area contributed by atoms with Crippen LogP contribution in [0.5, 0.6) is 0 Å². The van der Waals surface area contributed by atoms with Gasteiger partial charge in [0.1, 0.15) is 24.4 Å². The summed E-state index contributed by atoms with van der Waals surface area (Å²) in [7, 11) is 0. The Morgan fingerprint density at radius 3 is 2.20 bits per heavy atom. The number of aliphatic hydroxyl groups excluding tert-OH is 3. The summed E-state index contributed by atoms with van der Waals surface area (Å²) in [5.41, 5.74) is 29.9. The van der Waals surface area contributed by atoms with Gasteiger partial charge in [0, 0.05) is 24.7 Å². The summed E-state index contributed by atoms with van der Waals surface area (Å²) in [4.78, 5) is 0. The predicted octanol–water partition coefficient (Wildman–Crippen LogP) is -4.24. The Hall–Kier alpha value is -0.480. The molecular formula is C18H37N5O7. The Morgan fingerprint density at radius 1 is 0.833 bits per heavy atom. The van der Waals surface area contributed by atoms with Gasteiger partial charge in [-0.2, -0.15) is 0 Å². The van der Waals surface area contributed by atoms with Crippen LogP contribution in [-0.2, 0) is 18.9 Å². The summed E-state index contributed by atoms with van der Waals surface area (Å²) in [6, 6.07) is -2.18. The monoisotopic (exact) mass is 435 g/mol. The highest BCUT2D eigenvalue weighted by molar-refractivity contribution is 5.00. The van der Waals surface area contributed by atoms with Gasteiger partial charge < -0.3 is 62.9 Å². The molecule has 3 fully saturated rings. The molecule has 3 aliphatic rings. The molecule has 0 aromatic rings. The first kappa shape index (κ1) is 24.2. The number of rotatable bonds is 5. The Kier molecular flexibility index (Phi) is 8.04. The van der Waals surface area contributed by atoms with Gasteiger partial charge in [0.25, 0.3) is 0 Å². The third-order valence-electron chi connectivity index (χ3n) is 6.35. The number of nitrogens with two attached hydrogens (primary N) is 5.